The number of rotatable bonds is 3. The second-order valence-corrected chi connectivity index (χ2v) is 3.56. The minimum atomic E-state index is -0.343. The molecule has 6 heteroatoms. The van der Waals surface area contributed by atoms with Crippen LogP contribution in [0.15, 0.2) is 23.8 Å². The molecule has 0 radical (unpaired) electrons. The van der Waals surface area contributed by atoms with Crippen LogP contribution in [0.3, 0.4) is 0 Å². The van der Waals surface area contributed by atoms with Crippen LogP contribution in [0.5, 0.6) is 0 Å². The molecule has 2 aromatic heterocycles. The molecule has 1 N–H and O–H groups in total. The van der Waals surface area contributed by atoms with E-state index in [0.29, 0.717) is 11.3 Å². The highest BCUT2D eigenvalue weighted by molar-refractivity contribution is 7.03. The molecule has 0 aliphatic heterocycles. The van der Waals surface area contributed by atoms with E-state index in [1.807, 2.05) is 0 Å². The molecule has 0 aliphatic carbocycles. The average molecular weight is 224 g/mol. The van der Waals surface area contributed by atoms with Crippen molar-refractivity contribution >= 4 is 11.5 Å². The summed E-state index contributed by atoms with van der Waals surface area (Å²) in [6.45, 7) is 0. The lowest BCUT2D eigenvalue weighted by Gasteiger charge is -2.13. The molecule has 0 spiro atoms. The first-order chi connectivity index (χ1) is 7.33. The summed E-state index contributed by atoms with van der Waals surface area (Å²) in [5.41, 5.74) is 1.24. The van der Waals surface area contributed by atoms with Crippen molar-refractivity contribution in [2.24, 2.45) is 0 Å². The summed E-state index contributed by atoms with van der Waals surface area (Å²) in [5, 5.41) is 8.71. The van der Waals surface area contributed by atoms with E-state index in [-0.39, 0.29) is 11.9 Å². The van der Waals surface area contributed by atoms with Crippen molar-refractivity contribution in [3.8, 4) is 0 Å². The van der Waals surface area contributed by atoms with Gasteiger partial charge in [-0.25, -0.2) is 4.39 Å². The van der Waals surface area contributed by atoms with Crippen molar-refractivity contribution in [3.05, 3.63) is 40.9 Å². The minimum absolute atomic E-state index is 0.272. The molecular weight excluding hydrogens is 215 g/mol. The standard InChI is InChI=1S/C9H9FN4S/c1-11-9(8-5-15-14-13-8)6-2-3-12-4-7(6)10/h2-5,9,11H,1H3. The van der Waals surface area contributed by atoms with Crippen molar-refractivity contribution in [2.45, 2.75) is 6.04 Å². The Morgan fingerprint density at radius 1 is 1.53 bits per heavy atom. The normalized spacial score (nSPS) is 12.7. The van der Waals surface area contributed by atoms with Crippen LogP contribution in [0, 0.1) is 5.82 Å². The zero-order valence-electron chi connectivity index (χ0n) is 8.01. The number of hydrogen-bond acceptors (Lipinski definition) is 5. The number of halogens is 1. The van der Waals surface area contributed by atoms with Crippen LogP contribution < -0.4 is 5.32 Å². The molecule has 0 amide bonds. The Morgan fingerprint density at radius 3 is 3.00 bits per heavy atom. The van der Waals surface area contributed by atoms with Gasteiger partial charge in [0.15, 0.2) is 0 Å². The SMILES string of the molecule is CNC(c1csnn1)c1ccncc1F. The number of hydrogen-bond donors (Lipinski definition) is 1. The van der Waals surface area contributed by atoms with Crippen molar-refractivity contribution in [3.63, 3.8) is 0 Å². The van der Waals surface area contributed by atoms with Crippen molar-refractivity contribution in [1.82, 2.24) is 19.9 Å². The highest BCUT2D eigenvalue weighted by Crippen LogP contribution is 2.22. The monoisotopic (exact) mass is 224 g/mol. The van der Waals surface area contributed by atoms with E-state index in [2.05, 4.69) is 19.9 Å². The molecule has 1 unspecified atom stereocenters. The first kappa shape index (κ1) is 10.1. The highest BCUT2D eigenvalue weighted by atomic mass is 32.1. The molecule has 1 atom stereocenters. The first-order valence-electron chi connectivity index (χ1n) is 4.36. The summed E-state index contributed by atoms with van der Waals surface area (Å²) < 4.78 is 17.2. The fourth-order valence-corrected chi connectivity index (χ4v) is 1.86. The molecule has 4 nitrogen and oxygen atoms in total. The van der Waals surface area contributed by atoms with E-state index < -0.39 is 0 Å². The second-order valence-electron chi connectivity index (χ2n) is 2.95. The predicted octanol–water partition coefficient (Wildman–Crippen LogP) is 1.38. The number of pyridine rings is 1. The van der Waals surface area contributed by atoms with Gasteiger partial charge in [-0.3, -0.25) is 4.98 Å². The lowest BCUT2D eigenvalue weighted by atomic mass is 10.1. The van der Waals surface area contributed by atoms with Gasteiger partial charge in [0.2, 0.25) is 0 Å². The number of nitrogens with one attached hydrogen (secondary N) is 1. The van der Waals surface area contributed by atoms with E-state index in [0.717, 1.165) is 0 Å². The zero-order valence-corrected chi connectivity index (χ0v) is 8.83. The highest BCUT2D eigenvalue weighted by Gasteiger charge is 2.18. The van der Waals surface area contributed by atoms with E-state index in [1.165, 1.54) is 17.7 Å². The fourth-order valence-electron chi connectivity index (χ4n) is 1.38. The summed E-state index contributed by atoms with van der Waals surface area (Å²) >= 11 is 1.24. The molecule has 2 aromatic rings. The van der Waals surface area contributed by atoms with Gasteiger partial charge in [-0.15, -0.1) is 5.10 Å². The summed E-state index contributed by atoms with van der Waals surface area (Å²) in [7, 11) is 1.75. The molecular formula is C9H9FN4S. The Morgan fingerprint density at radius 2 is 2.40 bits per heavy atom. The van der Waals surface area contributed by atoms with Crippen LogP contribution in [0.25, 0.3) is 0 Å². The van der Waals surface area contributed by atoms with Crippen LogP contribution in [0.2, 0.25) is 0 Å². The third-order valence-corrected chi connectivity index (χ3v) is 2.60. The largest absolute Gasteiger partial charge is 0.308 e. The van der Waals surface area contributed by atoms with Gasteiger partial charge >= 0.3 is 0 Å². The molecule has 0 bridgehead atoms. The maximum absolute atomic E-state index is 13.5. The Kier molecular flexibility index (Phi) is 2.98. The van der Waals surface area contributed by atoms with Gasteiger partial charge in [0, 0.05) is 17.1 Å². The van der Waals surface area contributed by atoms with Crippen LogP contribution in [0.1, 0.15) is 17.3 Å². The van der Waals surface area contributed by atoms with E-state index in [4.69, 9.17) is 0 Å². The fraction of sp³-hybridized carbons (Fsp3) is 0.222. The molecule has 0 aromatic carbocycles. The van der Waals surface area contributed by atoms with Crippen molar-refractivity contribution in [2.75, 3.05) is 7.05 Å². The molecule has 2 heterocycles. The van der Waals surface area contributed by atoms with E-state index in [1.54, 1.807) is 24.7 Å². The maximum atomic E-state index is 13.5. The molecule has 0 aliphatic rings. The quantitative estimate of drug-likeness (QED) is 0.855. The number of nitrogens with zero attached hydrogens (tertiary/aromatic N) is 3. The van der Waals surface area contributed by atoms with Gasteiger partial charge in [-0.1, -0.05) is 4.49 Å². The van der Waals surface area contributed by atoms with Gasteiger partial charge in [0.1, 0.15) is 5.82 Å². The van der Waals surface area contributed by atoms with E-state index in [9.17, 15) is 4.39 Å². The minimum Gasteiger partial charge on any atom is -0.308 e. The molecule has 2 rings (SSSR count). The van der Waals surface area contributed by atoms with Gasteiger partial charge < -0.3 is 5.32 Å². The van der Waals surface area contributed by atoms with Gasteiger partial charge in [0.25, 0.3) is 0 Å². The first-order valence-corrected chi connectivity index (χ1v) is 5.20. The summed E-state index contributed by atoms with van der Waals surface area (Å²) in [4.78, 5) is 3.71. The molecule has 0 saturated heterocycles. The van der Waals surface area contributed by atoms with E-state index >= 15 is 0 Å². The number of aromatic nitrogens is 3. The lowest BCUT2D eigenvalue weighted by molar-refractivity contribution is 0.565. The van der Waals surface area contributed by atoms with Gasteiger partial charge in [0.05, 0.1) is 17.9 Å². The van der Waals surface area contributed by atoms with Crippen molar-refractivity contribution in [1.29, 1.82) is 0 Å². The average Bonchev–Trinajstić information content (AvgIpc) is 2.75. The summed E-state index contributed by atoms with van der Waals surface area (Å²) in [5.74, 6) is -0.343. The third-order valence-electron chi connectivity index (χ3n) is 2.08. The Hall–Kier alpha value is -1.40. The van der Waals surface area contributed by atoms with Gasteiger partial charge in [-0.05, 0) is 24.6 Å². The lowest BCUT2D eigenvalue weighted by Crippen LogP contribution is -2.19. The Balaban J connectivity index is 2.40. The maximum Gasteiger partial charge on any atom is 0.146 e. The molecule has 78 valence electrons. The van der Waals surface area contributed by atoms with Crippen LogP contribution in [-0.4, -0.2) is 21.6 Å². The zero-order chi connectivity index (χ0) is 10.7. The molecule has 0 saturated carbocycles. The summed E-state index contributed by atoms with van der Waals surface area (Å²) in [6, 6.07) is 1.36. The molecule has 0 fully saturated rings. The molecule has 15 heavy (non-hydrogen) atoms. The second kappa shape index (κ2) is 4.41. The van der Waals surface area contributed by atoms with Crippen molar-refractivity contribution < 1.29 is 4.39 Å². The predicted molar refractivity (Wildman–Crippen MR) is 55.0 cm³/mol. The smallest absolute Gasteiger partial charge is 0.146 e. The Labute approximate surface area is 90.3 Å². The van der Waals surface area contributed by atoms with Crippen LogP contribution >= 0.6 is 11.5 Å². The topological polar surface area (TPSA) is 50.7 Å². The Bertz CT molecular complexity index is 431. The van der Waals surface area contributed by atoms with Crippen LogP contribution in [-0.2, 0) is 0 Å². The summed E-state index contributed by atoms with van der Waals surface area (Å²) in [6.07, 6.45) is 2.75. The van der Waals surface area contributed by atoms with Gasteiger partial charge in [-0.2, -0.15) is 0 Å². The van der Waals surface area contributed by atoms with Crippen LogP contribution in [0.4, 0.5) is 4.39 Å². The third kappa shape index (κ3) is 2.00.